The topological polar surface area (TPSA) is 80.4 Å². The summed E-state index contributed by atoms with van der Waals surface area (Å²) in [5.74, 6) is 0.333. The highest BCUT2D eigenvalue weighted by Gasteiger charge is 1.62. The van der Waals surface area contributed by atoms with Crippen molar-refractivity contribution in [3.63, 3.8) is 0 Å². The number of rotatable bonds is 0. The zero-order valence-electron chi connectivity index (χ0n) is 8.84. The highest BCUT2D eigenvalue weighted by molar-refractivity contribution is 5.72. The number of aliphatic hydroxyl groups is 1. The molecule has 76 valence electrons. The average Bonchev–Trinajstić information content (AvgIpc) is 1.93. The van der Waals surface area contributed by atoms with Crippen molar-refractivity contribution in [2.45, 2.75) is 27.7 Å². The van der Waals surface area contributed by atoms with Crippen molar-refractivity contribution in [2.75, 3.05) is 14.2 Å². The van der Waals surface area contributed by atoms with Gasteiger partial charge in [-0.3, -0.25) is 0 Å². The van der Waals surface area contributed by atoms with Crippen molar-refractivity contribution >= 4 is 11.6 Å². The van der Waals surface area contributed by atoms with Crippen molar-refractivity contribution in [2.24, 2.45) is 5.73 Å². The maximum atomic E-state index is 9.44. The van der Waals surface area contributed by atoms with Crippen LogP contribution in [0.3, 0.4) is 0 Å². The van der Waals surface area contributed by atoms with Gasteiger partial charge in [0.2, 0.25) is 0 Å². The molecule has 3 N–H and O–H groups in total. The van der Waals surface area contributed by atoms with Crippen LogP contribution in [-0.2, 0) is 9.59 Å². The molecule has 0 atom stereocenters. The van der Waals surface area contributed by atoms with Gasteiger partial charge in [-0.15, -0.1) is 0 Å². The fraction of sp³-hybridized carbons (Fsp3) is 0.750. The summed E-state index contributed by atoms with van der Waals surface area (Å²) in [6.07, 6.45) is 0. The van der Waals surface area contributed by atoms with Crippen LogP contribution in [0.4, 0.5) is 0 Å². The molecule has 4 nitrogen and oxygen atoms in total. The maximum Gasteiger partial charge on any atom is 0.126 e. The Kier molecular flexibility index (Phi) is 59.6. The van der Waals surface area contributed by atoms with Gasteiger partial charge in [-0.25, -0.2) is 0 Å². The van der Waals surface area contributed by atoms with Crippen LogP contribution >= 0.6 is 0 Å². The van der Waals surface area contributed by atoms with E-state index in [4.69, 9.17) is 5.11 Å². The number of Topliss-reactive ketones (excluding diaryl/α,β-unsaturated/α-hetero) is 2. The summed E-state index contributed by atoms with van der Waals surface area (Å²) in [7, 11) is 2.50. The number of nitrogens with two attached hydrogens (primary N) is 1. The molecule has 12 heavy (non-hydrogen) atoms. The first-order valence-electron chi connectivity index (χ1n) is 3.43. The molecule has 0 radical (unpaired) electrons. The summed E-state index contributed by atoms with van der Waals surface area (Å²) >= 11 is 0. The third-order valence-electron chi connectivity index (χ3n) is 0. The zero-order valence-corrected chi connectivity index (χ0v) is 8.84. The number of hydrogen-bond donors (Lipinski definition) is 2. The minimum atomic E-state index is 0.167. The molecule has 4 heteroatoms. The van der Waals surface area contributed by atoms with Gasteiger partial charge >= 0.3 is 0 Å². The summed E-state index contributed by atoms with van der Waals surface area (Å²) < 4.78 is 0. The molecule has 0 aliphatic carbocycles. The predicted octanol–water partition coefficient (Wildman–Crippen LogP) is 0.374. The van der Waals surface area contributed by atoms with E-state index in [1.54, 1.807) is 0 Å². The van der Waals surface area contributed by atoms with Crippen LogP contribution in [0.15, 0.2) is 0 Å². The first-order chi connectivity index (χ1) is 5.46. The van der Waals surface area contributed by atoms with Crippen molar-refractivity contribution in [3.8, 4) is 0 Å². The summed E-state index contributed by atoms with van der Waals surface area (Å²) in [5, 5.41) is 7.00. The molecular weight excluding hydrogens is 158 g/mol. The Hall–Kier alpha value is -0.740. The Bertz CT molecular complexity index is 72.3. The molecule has 0 aromatic heterocycles. The third kappa shape index (κ3) is 1150. The van der Waals surface area contributed by atoms with Crippen LogP contribution in [0.5, 0.6) is 0 Å². The molecule has 0 aromatic rings. The van der Waals surface area contributed by atoms with E-state index in [2.05, 4.69) is 5.73 Å². The Morgan fingerprint density at radius 2 is 0.833 bits per heavy atom. The quantitative estimate of drug-likeness (QED) is 0.563. The van der Waals surface area contributed by atoms with Crippen molar-refractivity contribution < 1.29 is 14.7 Å². The van der Waals surface area contributed by atoms with Gasteiger partial charge in [-0.2, -0.15) is 0 Å². The monoisotopic (exact) mass is 179 g/mol. The lowest BCUT2D eigenvalue weighted by atomic mass is 10.6. The molecule has 0 saturated heterocycles. The normalized spacial score (nSPS) is 5.33. The standard InChI is InChI=1S/2C3H6O.CH5N.CH4O/c2*1-3(2)4;2*1-2/h2*1-2H3;2H2,1H3;2H,1H3. The summed E-state index contributed by atoms with van der Waals surface area (Å²) in [6, 6.07) is 0. The first kappa shape index (κ1) is 22.5. The molecule has 0 rings (SSSR count). The van der Waals surface area contributed by atoms with E-state index in [0.717, 1.165) is 7.11 Å². The van der Waals surface area contributed by atoms with Gasteiger partial charge in [0, 0.05) is 7.11 Å². The number of aliphatic hydroxyl groups excluding tert-OH is 1. The largest absolute Gasteiger partial charge is 0.400 e. The summed E-state index contributed by atoms with van der Waals surface area (Å²) in [4.78, 5) is 18.9. The number of ketones is 2. The highest BCUT2D eigenvalue weighted by Crippen LogP contribution is 1.50. The molecule has 0 saturated carbocycles. The fourth-order valence-corrected chi connectivity index (χ4v) is 0. The van der Waals surface area contributed by atoms with E-state index in [1.807, 2.05) is 0 Å². The second-order valence-corrected chi connectivity index (χ2v) is 1.82. The third-order valence-corrected chi connectivity index (χ3v) is 0. The van der Waals surface area contributed by atoms with Crippen LogP contribution in [0.2, 0.25) is 0 Å². The van der Waals surface area contributed by atoms with Crippen LogP contribution in [0.25, 0.3) is 0 Å². The molecule has 0 unspecified atom stereocenters. The SMILES string of the molecule is CC(C)=O.CC(C)=O.CN.CO. The predicted molar refractivity (Wildman–Crippen MR) is 51.0 cm³/mol. The van der Waals surface area contributed by atoms with Gasteiger partial charge < -0.3 is 20.4 Å². The highest BCUT2D eigenvalue weighted by atomic mass is 16.2. The van der Waals surface area contributed by atoms with Gasteiger partial charge in [0.1, 0.15) is 11.6 Å². The Labute approximate surface area is 74.8 Å². The van der Waals surface area contributed by atoms with E-state index >= 15 is 0 Å². The molecule has 0 heterocycles. The Morgan fingerprint density at radius 3 is 0.833 bits per heavy atom. The van der Waals surface area contributed by atoms with E-state index in [-0.39, 0.29) is 11.6 Å². The van der Waals surface area contributed by atoms with Gasteiger partial charge in [0.05, 0.1) is 0 Å². The van der Waals surface area contributed by atoms with Crippen molar-refractivity contribution in [1.29, 1.82) is 0 Å². The molecular formula is C8H21NO3. The van der Waals surface area contributed by atoms with Crippen LogP contribution in [0, 0.1) is 0 Å². The fourth-order valence-electron chi connectivity index (χ4n) is 0. The maximum absolute atomic E-state index is 9.44. The van der Waals surface area contributed by atoms with Gasteiger partial charge in [0.25, 0.3) is 0 Å². The molecule has 0 aliphatic heterocycles. The molecule has 0 aliphatic rings. The summed E-state index contributed by atoms with van der Waals surface area (Å²) in [5.41, 5.74) is 4.50. The minimum Gasteiger partial charge on any atom is -0.400 e. The van der Waals surface area contributed by atoms with Crippen LogP contribution in [-0.4, -0.2) is 30.8 Å². The van der Waals surface area contributed by atoms with Gasteiger partial charge in [-0.1, -0.05) is 0 Å². The van der Waals surface area contributed by atoms with E-state index < -0.39 is 0 Å². The second kappa shape index (κ2) is 31.8. The molecule has 0 aromatic carbocycles. The smallest absolute Gasteiger partial charge is 0.126 e. The average molecular weight is 179 g/mol. The Morgan fingerprint density at radius 1 is 0.833 bits per heavy atom. The zero-order chi connectivity index (χ0) is 11.2. The molecule has 0 amide bonds. The van der Waals surface area contributed by atoms with E-state index in [1.165, 1.54) is 34.7 Å². The first-order valence-corrected chi connectivity index (χ1v) is 3.43. The summed E-state index contributed by atoms with van der Waals surface area (Å²) in [6.45, 7) is 6.11. The molecule has 0 bridgehead atoms. The molecule has 0 fully saturated rings. The number of hydrogen-bond acceptors (Lipinski definition) is 4. The lowest BCUT2D eigenvalue weighted by Gasteiger charge is -1.56. The van der Waals surface area contributed by atoms with Gasteiger partial charge in [-0.05, 0) is 34.7 Å². The van der Waals surface area contributed by atoms with Crippen LogP contribution in [0.1, 0.15) is 27.7 Å². The van der Waals surface area contributed by atoms with Crippen molar-refractivity contribution in [3.05, 3.63) is 0 Å². The Balaban J connectivity index is -0.0000000380. The lowest BCUT2D eigenvalue weighted by Crippen LogP contribution is -1.69. The van der Waals surface area contributed by atoms with E-state index in [0.29, 0.717) is 0 Å². The number of carbonyl (C=O) groups excluding carboxylic acids is 2. The molecule has 0 spiro atoms. The van der Waals surface area contributed by atoms with Crippen LogP contribution < -0.4 is 5.73 Å². The van der Waals surface area contributed by atoms with Gasteiger partial charge in [0.15, 0.2) is 0 Å². The number of carbonyl (C=O) groups is 2. The minimum absolute atomic E-state index is 0.167. The van der Waals surface area contributed by atoms with E-state index in [9.17, 15) is 9.59 Å². The van der Waals surface area contributed by atoms with Crippen molar-refractivity contribution in [1.82, 2.24) is 0 Å². The second-order valence-electron chi connectivity index (χ2n) is 1.82. The lowest BCUT2D eigenvalue weighted by molar-refractivity contribution is -0.115.